The van der Waals surface area contributed by atoms with Crippen molar-refractivity contribution in [3.63, 3.8) is 0 Å². The second kappa shape index (κ2) is 6.55. The molecule has 2 rings (SSSR count). The standard InChI is InChI=1S/C14H16ClN3O/c1-2-19-8-7-18-13-9-11(10-16)3-4-12(13)17-14(18)5-6-15/h3-4,9H,2,5-8H2,1H3. The van der Waals surface area contributed by atoms with Crippen molar-refractivity contribution >= 4 is 22.6 Å². The van der Waals surface area contributed by atoms with E-state index in [9.17, 15) is 0 Å². The van der Waals surface area contributed by atoms with E-state index in [1.54, 1.807) is 6.07 Å². The highest BCUT2D eigenvalue weighted by Crippen LogP contribution is 2.18. The minimum Gasteiger partial charge on any atom is -0.380 e. The van der Waals surface area contributed by atoms with Crippen molar-refractivity contribution in [1.29, 1.82) is 5.26 Å². The Morgan fingerprint density at radius 1 is 1.47 bits per heavy atom. The third-order valence-electron chi connectivity index (χ3n) is 2.94. The number of nitriles is 1. The number of alkyl halides is 1. The SMILES string of the molecule is CCOCCn1c(CCCl)nc2ccc(C#N)cc21. The zero-order valence-corrected chi connectivity index (χ0v) is 11.7. The Balaban J connectivity index is 2.41. The molecule has 5 heteroatoms. The summed E-state index contributed by atoms with van der Waals surface area (Å²) in [4.78, 5) is 4.57. The Hall–Kier alpha value is -1.57. The molecule has 0 bridgehead atoms. The lowest BCUT2D eigenvalue weighted by molar-refractivity contribution is 0.139. The second-order valence-corrected chi connectivity index (χ2v) is 4.51. The second-order valence-electron chi connectivity index (χ2n) is 4.13. The third kappa shape index (κ3) is 3.06. The minimum atomic E-state index is 0.531. The van der Waals surface area contributed by atoms with Crippen molar-refractivity contribution in [2.75, 3.05) is 19.1 Å². The number of aryl methyl sites for hydroxylation is 1. The summed E-state index contributed by atoms with van der Waals surface area (Å²) in [5.41, 5.74) is 2.51. The molecule has 1 aromatic carbocycles. The highest BCUT2D eigenvalue weighted by Gasteiger charge is 2.10. The van der Waals surface area contributed by atoms with Crippen molar-refractivity contribution in [2.45, 2.75) is 19.9 Å². The predicted octanol–water partition coefficient (Wildman–Crippen LogP) is 2.73. The summed E-state index contributed by atoms with van der Waals surface area (Å²) in [6.45, 7) is 4.03. The fourth-order valence-electron chi connectivity index (χ4n) is 2.07. The summed E-state index contributed by atoms with van der Waals surface area (Å²) in [7, 11) is 0. The van der Waals surface area contributed by atoms with Crippen LogP contribution in [0, 0.1) is 11.3 Å². The van der Waals surface area contributed by atoms with Crippen LogP contribution in [-0.2, 0) is 17.7 Å². The zero-order chi connectivity index (χ0) is 13.7. The average molecular weight is 278 g/mol. The summed E-state index contributed by atoms with van der Waals surface area (Å²) in [6.07, 6.45) is 0.713. The smallest absolute Gasteiger partial charge is 0.111 e. The van der Waals surface area contributed by atoms with Crippen LogP contribution in [-0.4, -0.2) is 28.6 Å². The number of benzene rings is 1. The first-order chi connectivity index (χ1) is 9.30. The normalized spacial score (nSPS) is 10.8. The van der Waals surface area contributed by atoms with Crippen molar-refractivity contribution in [1.82, 2.24) is 9.55 Å². The van der Waals surface area contributed by atoms with Gasteiger partial charge in [0, 0.05) is 25.5 Å². The van der Waals surface area contributed by atoms with E-state index in [-0.39, 0.29) is 0 Å². The van der Waals surface area contributed by atoms with Crippen molar-refractivity contribution < 1.29 is 4.74 Å². The maximum absolute atomic E-state index is 8.99. The third-order valence-corrected chi connectivity index (χ3v) is 3.13. The fraction of sp³-hybridized carbons (Fsp3) is 0.429. The molecule has 0 saturated heterocycles. The van der Waals surface area contributed by atoms with Gasteiger partial charge in [-0.1, -0.05) is 0 Å². The molecule has 4 nitrogen and oxygen atoms in total. The zero-order valence-electron chi connectivity index (χ0n) is 10.9. The van der Waals surface area contributed by atoms with Crippen LogP contribution < -0.4 is 0 Å². The van der Waals surface area contributed by atoms with Crippen LogP contribution in [0.4, 0.5) is 0 Å². The molecule has 0 radical (unpaired) electrons. The van der Waals surface area contributed by atoms with E-state index in [0.717, 1.165) is 23.4 Å². The van der Waals surface area contributed by atoms with E-state index in [4.69, 9.17) is 21.6 Å². The molecule has 0 unspecified atom stereocenters. The molecule has 0 saturated carbocycles. The maximum Gasteiger partial charge on any atom is 0.111 e. The van der Waals surface area contributed by atoms with Gasteiger partial charge in [0.25, 0.3) is 0 Å². The first-order valence-electron chi connectivity index (χ1n) is 6.33. The Labute approximate surface area is 117 Å². The van der Waals surface area contributed by atoms with E-state index in [1.807, 2.05) is 19.1 Å². The lowest BCUT2D eigenvalue weighted by Crippen LogP contribution is -2.10. The number of nitrogens with zero attached hydrogens (tertiary/aromatic N) is 3. The molecule has 100 valence electrons. The molecular weight excluding hydrogens is 262 g/mol. The molecule has 1 heterocycles. The lowest BCUT2D eigenvalue weighted by atomic mass is 10.2. The maximum atomic E-state index is 8.99. The average Bonchev–Trinajstić information content (AvgIpc) is 2.77. The quantitative estimate of drug-likeness (QED) is 0.603. The van der Waals surface area contributed by atoms with Gasteiger partial charge in [0.15, 0.2) is 0 Å². The molecule has 0 aliphatic carbocycles. The Morgan fingerprint density at radius 2 is 2.32 bits per heavy atom. The van der Waals surface area contributed by atoms with E-state index >= 15 is 0 Å². The summed E-state index contributed by atoms with van der Waals surface area (Å²) in [5, 5.41) is 8.99. The number of halogens is 1. The van der Waals surface area contributed by atoms with Crippen LogP contribution in [0.3, 0.4) is 0 Å². The molecule has 0 fully saturated rings. The van der Waals surface area contributed by atoms with Gasteiger partial charge in [-0.2, -0.15) is 5.26 Å². The van der Waals surface area contributed by atoms with Gasteiger partial charge in [-0.3, -0.25) is 0 Å². The molecular formula is C14H16ClN3O. The predicted molar refractivity (Wildman–Crippen MR) is 75.4 cm³/mol. The first-order valence-corrected chi connectivity index (χ1v) is 6.86. The van der Waals surface area contributed by atoms with Gasteiger partial charge >= 0.3 is 0 Å². The summed E-state index contributed by atoms with van der Waals surface area (Å²) >= 11 is 5.82. The molecule has 1 aromatic heterocycles. The number of ether oxygens (including phenoxy) is 1. The van der Waals surface area contributed by atoms with Gasteiger partial charge in [-0.05, 0) is 25.1 Å². The molecule has 0 atom stereocenters. The minimum absolute atomic E-state index is 0.531. The number of hydrogen-bond acceptors (Lipinski definition) is 3. The van der Waals surface area contributed by atoms with Crippen LogP contribution in [0.1, 0.15) is 18.3 Å². The van der Waals surface area contributed by atoms with Crippen LogP contribution in [0.15, 0.2) is 18.2 Å². The molecule has 0 N–H and O–H groups in total. The van der Waals surface area contributed by atoms with Crippen molar-refractivity contribution in [3.8, 4) is 6.07 Å². The largest absolute Gasteiger partial charge is 0.380 e. The summed E-state index contributed by atoms with van der Waals surface area (Å²) in [5.74, 6) is 1.48. The summed E-state index contributed by atoms with van der Waals surface area (Å²) in [6, 6.07) is 7.69. The Morgan fingerprint density at radius 3 is 3.00 bits per heavy atom. The van der Waals surface area contributed by atoms with E-state index in [2.05, 4.69) is 15.6 Å². The fourth-order valence-corrected chi connectivity index (χ4v) is 2.24. The van der Waals surface area contributed by atoms with Crippen LogP contribution >= 0.6 is 11.6 Å². The van der Waals surface area contributed by atoms with Crippen LogP contribution in [0.25, 0.3) is 11.0 Å². The van der Waals surface area contributed by atoms with Gasteiger partial charge in [0.1, 0.15) is 5.82 Å². The van der Waals surface area contributed by atoms with E-state index in [0.29, 0.717) is 31.1 Å². The molecule has 19 heavy (non-hydrogen) atoms. The molecule has 0 amide bonds. The number of aromatic nitrogens is 2. The van der Waals surface area contributed by atoms with Crippen molar-refractivity contribution in [3.05, 3.63) is 29.6 Å². The van der Waals surface area contributed by atoms with Gasteiger partial charge in [-0.25, -0.2) is 4.98 Å². The molecule has 0 aliphatic rings. The number of imidazole rings is 1. The van der Waals surface area contributed by atoms with Gasteiger partial charge in [0.2, 0.25) is 0 Å². The highest BCUT2D eigenvalue weighted by molar-refractivity contribution is 6.17. The number of hydrogen-bond donors (Lipinski definition) is 0. The Kier molecular flexibility index (Phi) is 4.78. The number of rotatable bonds is 6. The van der Waals surface area contributed by atoms with Crippen LogP contribution in [0.2, 0.25) is 0 Å². The van der Waals surface area contributed by atoms with Gasteiger partial charge < -0.3 is 9.30 Å². The van der Waals surface area contributed by atoms with Gasteiger partial charge in [0.05, 0.1) is 29.3 Å². The molecule has 0 aliphatic heterocycles. The van der Waals surface area contributed by atoms with E-state index in [1.165, 1.54) is 0 Å². The molecule has 2 aromatic rings. The number of fused-ring (bicyclic) bond motifs is 1. The van der Waals surface area contributed by atoms with E-state index < -0.39 is 0 Å². The topological polar surface area (TPSA) is 50.8 Å². The monoisotopic (exact) mass is 277 g/mol. The van der Waals surface area contributed by atoms with Crippen LogP contribution in [0.5, 0.6) is 0 Å². The van der Waals surface area contributed by atoms with Gasteiger partial charge in [-0.15, -0.1) is 11.6 Å². The molecule has 0 spiro atoms. The Bertz CT molecular complexity index is 600. The lowest BCUT2D eigenvalue weighted by Gasteiger charge is -2.08. The highest BCUT2D eigenvalue weighted by atomic mass is 35.5. The van der Waals surface area contributed by atoms with Crippen molar-refractivity contribution in [2.24, 2.45) is 0 Å². The summed E-state index contributed by atoms with van der Waals surface area (Å²) < 4.78 is 7.49. The first kappa shape index (κ1) is 13.9.